The van der Waals surface area contributed by atoms with E-state index in [0.29, 0.717) is 17.9 Å². The molecule has 0 bridgehead atoms. The number of hydrogen-bond acceptors (Lipinski definition) is 4. The molecule has 0 fully saturated rings. The lowest BCUT2D eigenvalue weighted by atomic mass is 10.1. The van der Waals surface area contributed by atoms with Gasteiger partial charge in [-0.3, -0.25) is 10.1 Å². The van der Waals surface area contributed by atoms with Gasteiger partial charge in [0, 0.05) is 29.5 Å². The fourth-order valence-corrected chi connectivity index (χ4v) is 3.45. The van der Waals surface area contributed by atoms with Crippen LogP contribution in [-0.2, 0) is 6.61 Å². The van der Waals surface area contributed by atoms with Gasteiger partial charge >= 0.3 is 0 Å². The molecule has 0 spiro atoms. The SMILES string of the molecule is Oc1cc(OCc2ccccn2)ccc1C=Cc1cc(C=Cc2ccc3cc[nH]c3c2)n[nH]1. The Morgan fingerprint density at radius 3 is 2.76 bits per heavy atom. The highest BCUT2D eigenvalue weighted by Crippen LogP contribution is 2.26. The van der Waals surface area contributed by atoms with Crippen LogP contribution in [0, 0.1) is 0 Å². The van der Waals surface area contributed by atoms with E-state index in [4.69, 9.17) is 4.74 Å². The third-order valence-electron chi connectivity index (χ3n) is 5.20. The molecule has 3 N–H and O–H groups in total. The summed E-state index contributed by atoms with van der Waals surface area (Å²) in [6.07, 6.45) is 11.4. The average molecular weight is 434 g/mol. The molecule has 0 unspecified atom stereocenters. The van der Waals surface area contributed by atoms with Crippen molar-refractivity contribution in [1.82, 2.24) is 20.2 Å². The van der Waals surface area contributed by atoms with Gasteiger partial charge in [-0.15, -0.1) is 0 Å². The molecule has 6 heteroatoms. The highest BCUT2D eigenvalue weighted by atomic mass is 16.5. The van der Waals surface area contributed by atoms with Gasteiger partial charge in [0.15, 0.2) is 0 Å². The molecule has 0 amide bonds. The van der Waals surface area contributed by atoms with Crippen molar-refractivity contribution in [3.8, 4) is 11.5 Å². The Labute approximate surface area is 190 Å². The monoisotopic (exact) mass is 434 g/mol. The predicted octanol–water partition coefficient (Wildman–Crippen LogP) is 5.91. The van der Waals surface area contributed by atoms with E-state index in [1.807, 2.05) is 66.9 Å². The number of aromatic amines is 2. The van der Waals surface area contributed by atoms with Crippen LogP contribution in [-0.4, -0.2) is 25.3 Å². The third-order valence-corrected chi connectivity index (χ3v) is 5.20. The molecular weight excluding hydrogens is 412 g/mol. The van der Waals surface area contributed by atoms with Crippen molar-refractivity contribution in [3.05, 3.63) is 107 Å². The molecular formula is C27H22N4O2. The molecule has 0 saturated heterocycles. The minimum atomic E-state index is 0.143. The lowest BCUT2D eigenvalue weighted by Gasteiger charge is -2.07. The number of aromatic nitrogens is 4. The molecule has 3 aromatic heterocycles. The normalized spacial score (nSPS) is 11.6. The molecule has 5 rings (SSSR count). The van der Waals surface area contributed by atoms with Gasteiger partial charge in [-0.1, -0.05) is 24.3 Å². The second-order valence-electron chi connectivity index (χ2n) is 7.57. The van der Waals surface area contributed by atoms with Crippen molar-refractivity contribution < 1.29 is 9.84 Å². The fourth-order valence-electron chi connectivity index (χ4n) is 3.45. The van der Waals surface area contributed by atoms with E-state index in [-0.39, 0.29) is 5.75 Å². The molecule has 0 radical (unpaired) electrons. The van der Waals surface area contributed by atoms with Crippen LogP contribution < -0.4 is 4.74 Å². The van der Waals surface area contributed by atoms with Crippen LogP contribution in [0.1, 0.15) is 28.2 Å². The Hall–Kier alpha value is -4.58. The van der Waals surface area contributed by atoms with Gasteiger partial charge < -0.3 is 14.8 Å². The molecule has 33 heavy (non-hydrogen) atoms. The van der Waals surface area contributed by atoms with Gasteiger partial charge in [-0.25, -0.2) is 0 Å². The van der Waals surface area contributed by atoms with Crippen molar-refractivity contribution in [2.75, 3.05) is 0 Å². The number of nitrogens with zero attached hydrogens (tertiary/aromatic N) is 2. The Kier molecular flexibility index (Phi) is 5.72. The largest absolute Gasteiger partial charge is 0.507 e. The smallest absolute Gasteiger partial charge is 0.130 e. The van der Waals surface area contributed by atoms with Crippen LogP contribution in [0.25, 0.3) is 35.2 Å². The van der Waals surface area contributed by atoms with E-state index < -0.39 is 0 Å². The number of phenolic OH excluding ortho intramolecular Hbond substituents is 1. The molecule has 162 valence electrons. The van der Waals surface area contributed by atoms with Gasteiger partial charge in [-0.05, 0) is 71.6 Å². The number of benzene rings is 2. The summed E-state index contributed by atoms with van der Waals surface area (Å²) < 4.78 is 5.70. The van der Waals surface area contributed by atoms with E-state index in [1.165, 1.54) is 5.39 Å². The van der Waals surface area contributed by atoms with E-state index in [0.717, 1.165) is 28.2 Å². The number of phenols is 1. The topological polar surface area (TPSA) is 86.8 Å². The summed E-state index contributed by atoms with van der Waals surface area (Å²) in [5, 5.41) is 18.9. The highest BCUT2D eigenvalue weighted by Gasteiger charge is 2.03. The summed E-state index contributed by atoms with van der Waals surface area (Å²) in [7, 11) is 0. The van der Waals surface area contributed by atoms with Crippen molar-refractivity contribution in [2.24, 2.45) is 0 Å². The van der Waals surface area contributed by atoms with Crippen LogP contribution >= 0.6 is 0 Å². The van der Waals surface area contributed by atoms with Gasteiger partial charge in [0.1, 0.15) is 18.1 Å². The Morgan fingerprint density at radius 2 is 1.88 bits per heavy atom. The van der Waals surface area contributed by atoms with Gasteiger partial charge in [0.25, 0.3) is 0 Å². The summed E-state index contributed by atoms with van der Waals surface area (Å²) in [5.74, 6) is 0.728. The maximum absolute atomic E-state index is 10.4. The number of nitrogens with one attached hydrogen (secondary N) is 2. The molecule has 0 aliphatic rings. The minimum absolute atomic E-state index is 0.143. The first-order chi connectivity index (χ1) is 16.2. The van der Waals surface area contributed by atoms with Crippen molar-refractivity contribution in [2.45, 2.75) is 6.61 Å². The fraction of sp³-hybridized carbons (Fsp3) is 0.0370. The maximum atomic E-state index is 10.4. The van der Waals surface area contributed by atoms with Crippen LogP contribution in [0.2, 0.25) is 0 Å². The molecule has 0 saturated carbocycles. The number of H-pyrrole nitrogens is 2. The van der Waals surface area contributed by atoms with E-state index in [9.17, 15) is 5.11 Å². The summed E-state index contributed by atoms with van der Waals surface area (Å²) in [6, 6.07) is 21.2. The zero-order chi connectivity index (χ0) is 22.5. The zero-order valence-corrected chi connectivity index (χ0v) is 17.8. The molecule has 2 aromatic carbocycles. The first-order valence-corrected chi connectivity index (χ1v) is 10.6. The molecule has 6 nitrogen and oxygen atoms in total. The summed E-state index contributed by atoms with van der Waals surface area (Å²) in [4.78, 5) is 7.45. The number of rotatable bonds is 7. The van der Waals surface area contributed by atoms with E-state index in [1.54, 1.807) is 12.3 Å². The summed E-state index contributed by atoms with van der Waals surface area (Å²) >= 11 is 0. The van der Waals surface area contributed by atoms with E-state index in [2.05, 4.69) is 44.4 Å². The zero-order valence-electron chi connectivity index (χ0n) is 17.8. The first kappa shape index (κ1) is 20.3. The van der Waals surface area contributed by atoms with Crippen molar-refractivity contribution in [3.63, 3.8) is 0 Å². The lowest BCUT2D eigenvalue weighted by Crippen LogP contribution is -1.97. The first-order valence-electron chi connectivity index (χ1n) is 10.6. The minimum Gasteiger partial charge on any atom is -0.507 e. The molecule has 0 aliphatic heterocycles. The predicted molar refractivity (Wildman–Crippen MR) is 131 cm³/mol. The molecule has 5 aromatic rings. The Balaban J connectivity index is 1.22. The molecule has 0 atom stereocenters. The third kappa shape index (κ3) is 5.02. The standard InChI is InChI=1S/C27H22N4O2/c32-27-17-25(33-18-24-3-1-2-13-28-24)11-8-21(27)7-10-23-16-22(30-31-23)9-5-19-4-6-20-12-14-29-26(20)15-19/h1-17,29,32H,18H2,(H,30,31). The van der Waals surface area contributed by atoms with Gasteiger partial charge in [-0.2, -0.15) is 5.10 Å². The van der Waals surface area contributed by atoms with Crippen molar-refractivity contribution >= 4 is 35.2 Å². The quantitative estimate of drug-likeness (QED) is 0.297. The van der Waals surface area contributed by atoms with Crippen molar-refractivity contribution in [1.29, 1.82) is 0 Å². The Bertz CT molecular complexity index is 1430. The molecule has 3 heterocycles. The van der Waals surface area contributed by atoms with Gasteiger partial charge in [0.05, 0.1) is 17.1 Å². The van der Waals surface area contributed by atoms with Gasteiger partial charge in [0.2, 0.25) is 0 Å². The second kappa shape index (κ2) is 9.28. The molecule has 0 aliphatic carbocycles. The van der Waals surface area contributed by atoms with Crippen LogP contribution in [0.15, 0.2) is 79.1 Å². The average Bonchev–Trinajstić information content (AvgIpc) is 3.50. The number of aromatic hydroxyl groups is 1. The highest BCUT2D eigenvalue weighted by molar-refractivity contribution is 5.83. The summed E-state index contributed by atoms with van der Waals surface area (Å²) in [5.41, 5.74) is 5.38. The summed E-state index contributed by atoms with van der Waals surface area (Å²) in [6.45, 7) is 0.346. The number of ether oxygens (including phenoxy) is 1. The number of fused-ring (bicyclic) bond motifs is 1. The Morgan fingerprint density at radius 1 is 0.909 bits per heavy atom. The maximum Gasteiger partial charge on any atom is 0.130 e. The van der Waals surface area contributed by atoms with E-state index >= 15 is 0 Å². The second-order valence-corrected chi connectivity index (χ2v) is 7.57. The van der Waals surface area contributed by atoms with Crippen LogP contribution in [0.3, 0.4) is 0 Å². The number of pyridine rings is 1. The lowest BCUT2D eigenvalue weighted by molar-refractivity contribution is 0.299. The van der Waals surface area contributed by atoms with Crippen LogP contribution in [0.4, 0.5) is 0 Å². The number of hydrogen-bond donors (Lipinski definition) is 3. The van der Waals surface area contributed by atoms with Crippen LogP contribution in [0.5, 0.6) is 11.5 Å².